The number of carboxylic acid groups (broad SMARTS) is 6. The summed E-state index contributed by atoms with van der Waals surface area (Å²) in [6.45, 7) is -6.26. The first-order valence-corrected chi connectivity index (χ1v) is 37.2. The average Bonchev–Trinajstić information content (AvgIpc) is 0.833. The van der Waals surface area contributed by atoms with E-state index in [1.165, 1.54) is 29.4 Å². The number of hydrogen-bond acceptors (Lipinski definition) is 32. The van der Waals surface area contributed by atoms with Crippen molar-refractivity contribution in [1.29, 1.82) is 0 Å². The second-order valence-electron chi connectivity index (χ2n) is 27.4. The third-order valence-electron chi connectivity index (χ3n) is 18.6. The number of rotatable bonds is 48. The van der Waals surface area contributed by atoms with E-state index in [0.29, 0.717) is 22.8 Å². The molecule has 0 aliphatic carbocycles. The number of fused-ring (bicyclic) bond motifs is 4. The van der Waals surface area contributed by atoms with Gasteiger partial charge in [-0.1, -0.05) is 12.1 Å². The number of nitrogens with zero attached hydrogens (tertiary/aromatic N) is 8. The van der Waals surface area contributed by atoms with Crippen molar-refractivity contribution >= 4 is 71.3 Å². The smallest absolute Gasteiger partial charge is 0.480 e. The van der Waals surface area contributed by atoms with Gasteiger partial charge in [0.15, 0.2) is 0 Å². The Morgan fingerprint density at radius 2 is 0.422 bits per heavy atom. The fraction of sp³-hybridized carbons (Fsp3) is 0.686. The van der Waals surface area contributed by atoms with E-state index in [1.54, 1.807) is 36.4 Å². The summed E-state index contributed by atoms with van der Waals surface area (Å²) >= 11 is 0. The molecular weight excluding hydrogens is 1830 g/mol. The van der Waals surface area contributed by atoms with E-state index < -0.39 is 184 Å². The first-order valence-electron chi connectivity index (χ1n) is 37.2. The number of carboxylic acids is 6. The maximum absolute atomic E-state index is 12.8. The van der Waals surface area contributed by atoms with E-state index in [2.05, 4.69) is 41.9 Å². The number of pyridine rings is 2. The fourth-order valence-electron chi connectivity index (χ4n) is 12.2. The molecule has 12 atom stereocenters. The van der Waals surface area contributed by atoms with E-state index in [1.807, 2.05) is 0 Å². The molecule has 4 rings (SSSR count). The molecule has 0 saturated carbocycles. The molecular formula is C70H114Gd2N14O30+6. The van der Waals surface area contributed by atoms with Crippen molar-refractivity contribution in [2.24, 2.45) is 0 Å². The standard InChI is InChI=1S/2C35H57N7O15.2Gd/c2*43-19-24(46)14-36-30(49)7-4-27(33(52)53)40-10-12-41(28(34(54)55)5-8-31(50)37-15-25(47)20-44)17-22-2-1-3-23(39-22)18-42(13-11-40)29(35(56)57)6-9-32(51)38-16-26(48)21-45;;/h2*1-3,24-29,43-48H,4-21H2,(H,36,49)(H,37,50)(H,38,51)(H,52,53)(H,54,55)(H,56,57);;/q;;2*+3/t2*24?,25?,26?,27-,28-,29-;;/m10../s1. The van der Waals surface area contributed by atoms with Gasteiger partial charge in [-0.15, -0.1) is 0 Å². The Morgan fingerprint density at radius 1 is 0.276 bits per heavy atom. The van der Waals surface area contributed by atoms with Gasteiger partial charge in [0.1, 0.15) is 36.3 Å². The molecule has 4 heterocycles. The summed E-state index contributed by atoms with van der Waals surface area (Å²) in [5.41, 5.74) is 1.52. The van der Waals surface area contributed by atoms with Gasteiger partial charge in [-0.25, -0.2) is 0 Å². The second-order valence-corrected chi connectivity index (χ2v) is 27.4. The van der Waals surface area contributed by atoms with Crippen molar-refractivity contribution in [1.82, 2.24) is 71.3 Å². The molecule has 44 nitrogen and oxygen atoms in total. The van der Waals surface area contributed by atoms with Gasteiger partial charge in [0.2, 0.25) is 35.4 Å². The predicted octanol–water partition coefficient (Wildman–Crippen LogP) is -9.78. The minimum atomic E-state index is -1.35. The van der Waals surface area contributed by atoms with Crippen LogP contribution in [0.15, 0.2) is 36.4 Å². The van der Waals surface area contributed by atoms with Crippen LogP contribution in [0.1, 0.15) is 99.8 Å². The maximum Gasteiger partial charge on any atom is 3.00 e. The molecule has 2 aromatic heterocycles. The van der Waals surface area contributed by atoms with E-state index in [0.717, 1.165) is 0 Å². The van der Waals surface area contributed by atoms with Crippen LogP contribution < -0.4 is 31.9 Å². The largest absolute Gasteiger partial charge is 3.00 e. The van der Waals surface area contributed by atoms with Crippen LogP contribution in [-0.4, -0.2) is 407 Å². The molecule has 2 aliphatic rings. The summed E-state index contributed by atoms with van der Waals surface area (Å²) in [6.07, 6.45) is -10.3. The number of carbonyl (C=O) groups is 12. The van der Waals surface area contributed by atoms with Crippen LogP contribution in [-0.2, 0) is 83.7 Å². The fourth-order valence-corrected chi connectivity index (χ4v) is 12.2. The number of carbonyl (C=O) groups excluding carboxylic acids is 6. The molecule has 4 bridgehead atoms. The Morgan fingerprint density at radius 3 is 0.569 bits per heavy atom. The molecule has 116 heavy (non-hydrogen) atoms. The van der Waals surface area contributed by atoms with E-state index in [4.69, 9.17) is 30.6 Å². The third kappa shape index (κ3) is 42.7. The Balaban J connectivity index is 0.00000114. The first-order chi connectivity index (χ1) is 54.1. The zero-order chi connectivity index (χ0) is 85.0. The van der Waals surface area contributed by atoms with E-state index in [9.17, 15) is 119 Å². The number of amides is 6. The van der Waals surface area contributed by atoms with Gasteiger partial charge >= 0.3 is 116 Å². The Labute approximate surface area is 732 Å². The van der Waals surface area contributed by atoms with Crippen LogP contribution in [0.4, 0.5) is 0 Å². The predicted molar refractivity (Wildman–Crippen MR) is 394 cm³/mol. The van der Waals surface area contributed by atoms with Crippen molar-refractivity contribution in [3.63, 3.8) is 0 Å². The van der Waals surface area contributed by atoms with Gasteiger partial charge in [-0.05, 0) is 62.8 Å². The maximum atomic E-state index is 12.8. The molecule has 6 unspecified atom stereocenters. The minimum absolute atomic E-state index is 0. The van der Waals surface area contributed by atoms with Crippen LogP contribution in [0.25, 0.3) is 0 Å². The van der Waals surface area contributed by atoms with Crippen LogP contribution in [0.5, 0.6) is 0 Å². The summed E-state index contributed by atoms with van der Waals surface area (Å²) in [6, 6.07) is 1.99. The number of aliphatic hydroxyl groups excluding tert-OH is 12. The number of aliphatic hydroxyl groups is 12. The Hall–Kier alpha value is -6.13. The average molecular weight is 1950 g/mol. The molecule has 0 saturated heterocycles. The van der Waals surface area contributed by atoms with Crippen LogP contribution >= 0.6 is 0 Å². The number of aliphatic carboxylic acids is 6. The van der Waals surface area contributed by atoms with Crippen LogP contribution in [0.3, 0.4) is 0 Å². The van der Waals surface area contributed by atoms with Crippen LogP contribution in [0.2, 0.25) is 0 Å². The summed E-state index contributed by atoms with van der Waals surface area (Å²) in [7, 11) is 0. The molecule has 46 heteroatoms. The third-order valence-corrected chi connectivity index (χ3v) is 18.6. The molecule has 2 aliphatic heterocycles. The number of hydrogen-bond donors (Lipinski definition) is 24. The molecule has 6 amide bonds. The molecule has 24 N–H and O–H groups in total. The van der Waals surface area contributed by atoms with Crippen molar-refractivity contribution < 1.29 is 229 Å². The van der Waals surface area contributed by atoms with Gasteiger partial charge in [0.25, 0.3) is 0 Å². The quantitative estimate of drug-likeness (QED) is 0.0293. The zero-order valence-corrected chi connectivity index (χ0v) is 68.6. The summed E-state index contributed by atoms with van der Waals surface area (Å²) < 4.78 is 0. The van der Waals surface area contributed by atoms with Gasteiger partial charge in [0, 0.05) is 156 Å². The summed E-state index contributed by atoms with van der Waals surface area (Å²) in [5, 5.41) is 188. The molecule has 0 fully saturated rings. The van der Waals surface area contributed by atoms with E-state index in [-0.39, 0.29) is 275 Å². The Bertz CT molecular complexity index is 2990. The molecule has 0 spiro atoms. The first kappa shape index (κ1) is 108. The summed E-state index contributed by atoms with van der Waals surface area (Å²) in [5.74, 6) is -11.3. The number of aromatic nitrogens is 2. The van der Waals surface area contributed by atoms with Gasteiger partial charge < -0.3 is 124 Å². The van der Waals surface area contributed by atoms with Gasteiger partial charge in [0.05, 0.1) is 99.0 Å². The second kappa shape index (κ2) is 59.5. The molecule has 0 aromatic carbocycles. The number of nitrogens with one attached hydrogen (secondary N) is 6. The van der Waals surface area contributed by atoms with Gasteiger partial charge in [-0.2, -0.15) is 0 Å². The zero-order valence-electron chi connectivity index (χ0n) is 64.1. The Kier molecular flexibility index (Phi) is 55.4. The van der Waals surface area contributed by atoms with Crippen molar-refractivity contribution in [3.8, 4) is 0 Å². The van der Waals surface area contributed by atoms with Crippen molar-refractivity contribution in [3.05, 3.63) is 59.2 Å². The molecule has 2 aromatic rings. The molecule has 654 valence electrons. The van der Waals surface area contributed by atoms with Crippen molar-refractivity contribution in [2.75, 3.05) is 131 Å². The normalized spacial score (nSPS) is 17.4. The molecule has 2 radical (unpaired) electrons. The minimum Gasteiger partial charge on any atom is -0.480 e. The van der Waals surface area contributed by atoms with E-state index >= 15 is 0 Å². The van der Waals surface area contributed by atoms with Crippen molar-refractivity contribution in [2.45, 2.75) is 176 Å². The van der Waals surface area contributed by atoms with Gasteiger partial charge in [-0.3, -0.25) is 96.9 Å². The summed E-state index contributed by atoms with van der Waals surface area (Å²) in [4.78, 5) is 170. The monoisotopic (exact) mass is 1950 g/mol. The SMILES string of the molecule is O=C(CC[C@@H](C(=O)O)N1CCN([C@@H](CCC(=O)NCC(O)CO)C(=O)O)Cc2cccc(n2)CN([C@@H](CCC(=O)NCC(O)CO)C(=O)O)CC1)NCC(O)CO.O=C(CC[C@H](C(=O)O)N1CCN([C@H](CCC(=O)NCC(O)CO)C(=O)O)Cc2cccc(n2)CN([C@H](CCC(=O)NCC(O)CO)C(=O)O)CC1)NCC(O)CO.[Gd+3].[Gd+3]. The van der Waals surface area contributed by atoms with Crippen LogP contribution in [0, 0.1) is 79.9 Å². The topological polar surface area (TPSA) is 686 Å².